The van der Waals surface area contributed by atoms with Gasteiger partial charge in [-0.15, -0.1) is 0 Å². The summed E-state index contributed by atoms with van der Waals surface area (Å²) in [6.07, 6.45) is 2.92. The van der Waals surface area contributed by atoms with E-state index in [2.05, 4.69) is 40.7 Å². The molecule has 4 fully saturated rings. The first kappa shape index (κ1) is 34.0. The molecule has 0 spiro atoms. The quantitative estimate of drug-likeness (QED) is 0.157. The average Bonchev–Trinajstić information content (AvgIpc) is 3.30. The molecular formula is C33H57O9P. The highest BCUT2D eigenvalue weighted by molar-refractivity contribution is 7.47. The summed E-state index contributed by atoms with van der Waals surface area (Å²) < 4.78 is 23.7. The van der Waals surface area contributed by atoms with Crippen LogP contribution in [0.2, 0.25) is 0 Å². The Morgan fingerprint density at radius 1 is 0.860 bits per heavy atom. The molecule has 4 unspecified atom stereocenters. The molecule has 15 atom stereocenters. The molecular weight excluding hydrogens is 571 g/mol. The second-order valence-electron chi connectivity index (χ2n) is 15.8. The van der Waals surface area contributed by atoms with E-state index in [1.54, 1.807) is 0 Å². The Kier molecular flexibility index (Phi) is 10.0. The molecule has 10 heteroatoms. The van der Waals surface area contributed by atoms with Gasteiger partial charge in [0.1, 0.15) is 36.6 Å². The monoisotopic (exact) mass is 628 g/mol. The van der Waals surface area contributed by atoms with Gasteiger partial charge in [-0.05, 0) is 97.7 Å². The van der Waals surface area contributed by atoms with E-state index in [0.717, 1.165) is 36.5 Å². The lowest BCUT2D eigenvalue weighted by atomic mass is 9.47. The fourth-order valence-corrected chi connectivity index (χ4v) is 11.6. The summed E-state index contributed by atoms with van der Waals surface area (Å²) in [4.78, 5) is 10.6. The Morgan fingerprint density at radius 2 is 1.51 bits per heavy atom. The highest BCUT2D eigenvalue weighted by Crippen LogP contribution is 2.67. The SMILES string of the molecule is CC(C)CCC[C@@H](C)[C@H]1CC[C@H]2[C@@H]3CC=C4CC(OP(=O)(O)OC5[C@@H](O)[C@H](O)C(O)[C@H](O)[C@H]5O)CC[C@]4(C)[C@H]3CC[C@]12C. The normalized spacial score (nSPS) is 48.6. The van der Waals surface area contributed by atoms with Crippen LogP contribution < -0.4 is 0 Å². The van der Waals surface area contributed by atoms with Gasteiger partial charge in [0.2, 0.25) is 0 Å². The molecule has 5 aliphatic rings. The minimum absolute atomic E-state index is 0.0332. The minimum atomic E-state index is -4.78. The van der Waals surface area contributed by atoms with Crippen molar-refractivity contribution >= 4 is 7.82 Å². The Morgan fingerprint density at radius 3 is 2.16 bits per heavy atom. The van der Waals surface area contributed by atoms with E-state index in [1.165, 1.54) is 50.5 Å². The van der Waals surface area contributed by atoms with E-state index >= 15 is 0 Å². The van der Waals surface area contributed by atoms with Crippen molar-refractivity contribution in [3.8, 4) is 0 Å². The van der Waals surface area contributed by atoms with Gasteiger partial charge in [-0.1, -0.05) is 65.5 Å². The maximum Gasteiger partial charge on any atom is 0.472 e. The topological polar surface area (TPSA) is 157 Å². The summed E-state index contributed by atoms with van der Waals surface area (Å²) in [5.41, 5.74) is 1.73. The molecule has 248 valence electrons. The molecule has 0 amide bonds. The highest BCUT2D eigenvalue weighted by atomic mass is 31.2. The molecule has 0 radical (unpaired) electrons. The molecule has 0 saturated heterocycles. The summed E-state index contributed by atoms with van der Waals surface area (Å²) in [6.45, 7) is 12.1. The van der Waals surface area contributed by atoms with Crippen molar-refractivity contribution in [1.82, 2.24) is 0 Å². The molecule has 9 nitrogen and oxygen atoms in total. The first-order chi connectivity index (χ1) is 20.1. The van der Waals surface area contributed by atoms with Gasteiger partial charge in [0.15, 0.2) is 0 Å². The van der Waals surface area contributed by atoms with Gasteiger partial charge >= 0.3 is 7.82 Å². The number of hydrogen-bond acceptors (Lipinski definition) is 8. The standard InChI is InChI=1S/C33H57O9P/c1-18(2)7-6-8-19(3)23-11-12-24-22-10-9-20-17-21(13-15-32(20,4)25(22)14-16-33(23,24)5)41-43(39,40)42-31-29(37)27(35)26(34)28(36)30(31)38/h9,18-19,21-31,34-38H,6-8,10-17H2,1-5H3,(H,39,40)/t19-,21?,22+,23-,24+,25+,26?,27-,28+,29+,30-,31?,32+,33-/m1/s1. The third-order valence-electron chi connectivity index (χ3n) is 12.9. The highest BCUT2D eigenvalue weighted by Gasteiger charge is 2.59. The van der Waals surface area contributed by atoms with Gasteiger partial charge in [0.05, 0.1) is 6.10 Å². The lowest BCUT2D eigenvalue weighted by Gasteiger charge is -2.58. The number of aliphatic hydroxyl groups excluding tert-OH is 5. The minimum Gasteiger partial charge on any atom is -0.387 e. The van der Waals surface area contributed by atoms with Gasteiger partial charge in [-0.2, -0.15) is 0 Å². The van der Waals surface area contributed by atoms with Crippen LogP contribution in [0.5, 0.6) is 0 Å². The van der Waals surface area contributed by atoms with Crippen molar-refractivity contribution < 1.29 is 44.0 Å². The predicted molar refractivity (Wildman–Crippen MR) is 163 cm³/mol. The first-order valence-electron chi connectivity index (χ1n) is 16.9. The van der Waals surface area contributed by atoms with Crippen LogP contribution in [0.1, 0.15) is 105 Å². The zero-order valence-electron chi connectivity index (χ0n) is 26.7. The summed E-state index contributed by atoms with van der Waals surface area (Å²) in [5, 5.41) is 50.2. The number of hydrogen-bond donors (Lipinski definition) is 6. The molecule has 0 aromatic rings. The number of rotatable bonds is 9. The van der Waals surface area contributed by atoms with E-state index in [1.807, 2.05) is 0 Å². The third-order valence-corrected chi connectivity index (χ3v) is 13.9. The zero-order chi connectivity index (χ0) is 31.5. The number of allylic oxidation sites excluding steroid dienone is 1. The summed E-state index contributed by atoms with van der Waals surface area (Å²) in [5.74, 6) is 4.36. The van der Waals surface area contributed by atoms with E-state index in [0.29, 0.717) is 30.1 Å². The fourth-order valence-electron chi connectivity index (χ4n) is 10.4. The number of fused-ring (bicyclic) bond motifs is 5. The van der Waals surface area contributed by atoms with Crippen LogP contribution in [0.25, 0.3) is 0 Å². The van der Waals surface area contributed by atoms with Crippen LogP contribution >= 0.6 is 7.82 Å². The number of phosphoric acid groups is 1. The van der Waals surface area contributed by atoms with Crippen LogP contribution in [0, 0.1) is 46.3 Å². The van der Waals surface area contributed by atoms with Crippen molar-refractivity contribution in [2.24, 2.45) is 46.3 Å². The number of phosphoric ester groups is 1. The van der Waals surface area contributed by atoms with E-state index < -0.39 is 50.6 Å². The van der Waals surface area contributed by atoms with Crippen LogP contribution in [-0.4, -0.2) is 73.2 Å². The Labute approximate surface area is 257 Å². The predicted octanol–water partition coefficient (Wildman–Crippen LogP) is 4.72. The summed E-state index contributed by atoms with van der Waals surface area (Å²) in [7, 11) is -4.78. The van der Waals surface area contributed by atoms with E-state index in [4.69, 9.17) is 9.05 Å². The maximum absolute atomic E-state index is 13.0. The Bertz CT molecular complexity index is 1050. The zero-order valence-corrected chi connectivity index (χ0v) is 27.6. The second-order valence-corrected chi connectivity index (χ2v) is 17.1. The van der Waals surface area contributed by atoms with Gasteiger partial charge < -0.3 is 30.4 Å². The molecule has 0 bridgehead atoms. The van der Waals surface area contributed by atoms with Crippen molar-refractivity contribution in [2.75, 3.05) is 0 Å². The molecule has 43 heavy (non-hydrogen) atoms. The fraction of sp³-hybridized carbons (Fsp3) is 0.939. The number of aliphatic hydroxyl groups is 5. The third kappa shape index (κ3) is 6.34. The van der Waals surface area contributed by atoms with Crippen molar-refractivity contribution in [2.45, 2.75) is 148 Å². The lowest BCUT2D eigenvalue weighted by molar-refractivity contribution is -0.220. The maximum atomic E-state index is 13.0. The van der Waals surface area contributed by atoms with E-state index in [-0.39, 0.29) is 5.41 Å². The van der Waals surface area contributed by atoms with Crippen molar-refractivity contribution in [1.29, 1.82) is 0 Å². The summed E-state index contributed by atoms with van der Waals surface area (Å²) >= 11 is 0. The molecule has 6 N–H and O–H groups in total. The van der Waals surface area contributed by atoms with Gasteiger partial charge in [-0.3, -0.25) is 9.05 Å². The summed E-state index contributed by atoms with van der Waals surface area (Å²) in [6, 6.07) is 0. The molecule has 5 aliphatic carbocycles. The Balaban J connectivity index is 1.23. The first-order valence-corrected chi connectivity index (χ1v) is 18.4. The average molecular weight is 629 g/mol. The van der Waals surface area contributed by atoms with E-state index in [9.17, 15) is 35.0 Å². The smallest absolute Gasteiger partial charge is 0.387 e. The molecule has 0 aliphatic heterocycles. The van der Waals surface area contributed by atoms with Crippen molar-refractivity contribution in [3.05, 3.63) is 11.6 Å². The van der Waals surface area contributed by atoms with Crippen LogP contribution in [0.15, 0.2) is 11.6 Å². The molecule has 0 heterocycles. The van der Waals surface area contributed by atoms with Gasteiger partial charge in [-0.25, -0.2) is 4.57 Å². The largest absolute Gasteiger partial charge is 0.472 e. The van der Waals surface area contributed by atoms with Crippen LogP contribution in [-0.2, 0) is 13.6 Å². The van der Waals surface area contributed by atoms with Crippen molar-refractivity contribution in [3.63, 3.8) is 0 Å². The van der Waals surface area contributed by atoms with Crippen LogP contribution in [0.4, 0.5) is 0 Å². The second kappa shape index (κ2) is 12.7. The molecule has 0 aromatic heterocycles. The van der Waals surface area contributed by atoms with Gasteiger partial charge in [0, 0.05) is 0 Å². The van der Waals surface area contributed by atoms with Gasteiger partial charge in [0.25, 0.3) is 0 Å². The Hall–Kier alpha value is -0.350. The molecule has 0 aromatic carbocycles. The molecule has 4 saturated carbocycles. The molecule has 5 rings (SSSR count). The van der Waals surface area contributed by atoms with Crippen LogP contribution in [0.3, 0.4) is 0 Å². The lowest BCUT2D eigenvalue weighted by Crippen LogP contribution is -2.64.